The molecule has 5 heteroatoms. The molecule has 2 heterocycles. The lowest BCUT2D eigenvalue weighted by Crippen LogP contribution is -2.67. The summed E-state index contributed by atoms with van der Waals surface area (Å²) < 4.78 is 18.8. The zero-order valence-corrected chi connectivity index (χ0v) is 15.2. The van der Waals surface area contributed by atoms with Crippen molar-refractivity contribution < 1.29 is 18.7 Å². The minimum atomic E-state index is -2.47. The Morgan fingerprint density at radius 3 is 2.14 bits per heavy atom. The van der Waals surface area contributed by atoms with Gasteiger partial charge in [0.2, 0.25) is 0 Å². The molecule has 0 saturated carbocycles. The first-order valence-corrected chi connectivity index (χ1v) is 9.61. The maximum absolute atomic E-state index is 10.2. The van der Waals surface area contributed by atoms with Crippen LogP contribution in [0.25, 0.3) is 0 Å². The van der Waals surface area contributed by atoms with Gasteiger partial charge in [0.05, 0.1) is 18.8 Å². The van der Waals surface area contributed by atoms with Crippen molar-refractivity contribution in [2.45, 2.75) is 82.5 Å². The summed E-state index contributed by atoms with van der Waals surface area (Å²) in [7, 11) is -2.47. The topological polar surface area (TPSA) is 47.9 Å². The van der Waals surface area contributed by atoms with E-state index in [0.29, 0.717) is 13.0 Å². The van der Waals surface area contributed by atoms with Crippen LogP contribution in [-0.2, 0) is 13.6 Å². The molecule has 2 rings (SSSR count). The second-order valence-electron chi connectivity index (χ2n) is 8.26. The van der Waals surface area contributed by atoms with Crippen LogP contribution in [-0.4, -0.2) is 44.7 Å². The molecule has 0 aromatic carbocycles. The summed E-state index contributed by atoms with van der Waals surface area (Å²) >= 11 is 0. The number of aliphatic hydroxyl groups excluding tert-OH is 1. The second kappa shape index (κ2) is 5.46. The summed E-state index contributed by atoms with van der Waals surface area (Å²) in [4.78, 5) is 0. The molecule has 1 N–H and O–H groups in total. The molecule has 0 bridgehead atoms. The molecular formula is C16H30O4Si. The molecule has 21 heavy (non-hydrogen) atoms. The van der Waals surface area contributed by atoms with E-state index in [0.717, 1.165) is 0 Å². The van der Waals surface area contributed by atoms with Gasteiger partial charge in [-0.15, -0.1) is 6.58 Å². The molecule has 2 saturated heterocycles. The Labute approximate surface area is 129 Å². The molecule has 4 atom stereocenters. The van der Waals surface area contributed by atoms with Gasteiger partial charge in [0.15, 0.2) is 0 Å². The second-order valence-corrected chi connectivity index (χ2v) is 13.0. The SMILES string of the molecule is C=C[C@@H]1O[C@@H]2CO[Si](C(C)(C)C)(C(C)(C)C)O[C@H]2C[C@H]1O. The summed E-state index contributed by atoms with van der Waals surface area (Å²) in [5, 5.41) is 10.1. The van der Waals surface area contributed by atoms with Gasteiger partial charge in [0, 0.05) is 16.5 Å². The van der Waals surface area contributed by atoms with Crippen molar-refractivity contribution in [1.29, 1.82) is 0 Å². The van der Waals surface area contributed by atoms with Gasteiger partial charge in [-0.25, -0.2) is 0 Å². The Bertz CT molecular complexity index is 382. The lowest BCUT2D eigenvalue weighted by molar-refractivity contribution is -0.186. The fourth-order valence-corrected chi connectivity index (χ4v) is 8.71. The first kappa shape index (κ1) is 17.2. The molecule has 0 radical (unpaired) electrons. The van der Waals surface area contributed by atoms with E-state index in [4.69, 9.17) is 13.6 Å². The third kappa shape index (κ3) is 2.86. The molecule has 2 fully saturated rings. The molecular weight excluding hydrogens is 284 g/mol. The minimum Gasteiger partial charge on any atom is -0.391 e. The Morgan fingerprint density at radius 2 is 1.67 bits per heavy atom. The Kier molecular flexibility index (Phi) is 4.46. The minimum absolute atomic E-state index is 0.0452. The van der Waals surface area contributed by atoms with Crippen LogP contribution in [0, 0.1) is 0 Å². The highest BCUT2D eigenvalue weighted by Crippen LogP contribution is 2.55. The highest BCUT2D eigenvalue weighted by Gasteiger charge is 2.62. The van der Waals surface area contributed by atoms with E-state index < -0.39 is 14.7 Å². The van der Waals surface area contributed by atoms with E-state index in [2.05, 4.69) is 48.1 Å². The number of fused-ring (bicyclic) bond motifs is 1. The summed E-state index contributed by atoms with van der Waals surface area (Å²) in [5.74, 6) is 0. The largest absolute Gasteiger partial charge is 0.391 e. The standard InChI is InChI=1S/C16H30O4Si/c1-8-12-11(17)9-13-14(19-12)10-18-21(20-13,15(2,3)4)16(5,6)7/h8,11-14,17H,1,9-10H2,2-7H3/t11-,12+,13+,14-/m1/s1. The third-order valence-corrected chi connectivity index (χ3v) is 9.73. The van der Waals surface area contributed by atoms with Crippen LogP contribution in [0.4, 0.5) is 0 Å². The summed E-state index contributed by atoms with van der Waals surface area (Å²) in [6.45, 7) is 17.4. The molecule has 0 spiro atoms. The van der Waals surface area contributed by atoms with Crippen molar-refractivity contribution in [3.05, 3.63) is 12.7 Å². The zero-order chi connectivity index (χ0) is 16.1. The van der Waals surface area contributed by atoms with E-state index in [1.807, 2.05) is 0 Å². The smallest absolute Gasteiger partial charge is 0.349 e. The Hall–Kier alpha value is -0.203. The molecule has 2 aliphatic heterocycles. The monoisotopic (exact) mass is 314 g/mol. The van der Waals surface area contributed by atoms with Gasteiger partial charge < -0.3 is 18.7 Å². The van der Waals surface area contributed by atoms with E-state index in [9.17, 15) is 5.11 Å². The van der Waals surface area contributed by atoms with Gasteiger partial charge in [-0.1, -0.05) is 47.6 Å². The summed E-state index contributed by atoms with van der Waals surface area (Å²) in [6.07, 6.45) is 1.18. The first-order chi connectivity index (χ1) is 9.52. The van der Waals surface area contributed by atoms with Gasteiger partial charge in [0.25, 0.3) is 0 Å². The van der Waals surface area contributed by atoms with Crippen molar-refractivity contribution in [3.63, 3.8) is 0 Å². The maximum Gasteiger partial charge on any atom is 0.349 e. The molecule has 122 valence electrons. The van der Waals surface area contributed by atoms with Gasteiger partial charge in [-0.2, -0.15) is 0 Å². The van der Waals surface area contributed by atoms with Crippen molar-refractivity contribution in [2.75, 3.05) is 6.61 Å². The van der Waals surface area contributed by atoms with E-state index in [1.54, 1.807) is 6.08 Å². The van der Waals surface area contributed by atoms with Crippen molar-refractivity contribution in [3.8, 4) is 0 Å². The van der Waals surface area contributed by atoms with Gasteiger partial charge in [-0.3, -0.25) is 0 Å². The highest BCUT2D eigenvalue weighted by molar-refractivity contribution is 6.73. The van der Waals surface area contributed by atoms with Gasteiger partial charge in [0.1, 0.15) is 12.2 Å². The highest BCUT2D eigenvalue weighted by atomic mass is 28.4. The number of aliphatic hydroxyl groups is 1. The van der Waals surface area contributed by atoms with Crippen LogP contribution in [0.2, 0.25) is 10.1 Å². The van der Waals surface area contributed by atoms with E-state index in [1.165, 1.54) is 0 Å². The summed E-state index contributed by atoms with van der Waals surface area (Å²) in [5.41, 5.74) is 0. The molecule has 0 aromatic rings. The number of hydrogen-bond donors (Lipinski definition) is 1. The van der Waals surface area contributed by atoms with Crippen LogP contribution < -0.4 is 0 Å². The number of ether oxygens (including phenoxy) is 1. The predicted octanol–water partition coefficient (Wildman–Crippen LogP) is 3.15. The maximum atomic E-state index is 10.2. The Balaban J connectivity index is 2.26. The van der Waals surface area contributed by atoms with Crippen molar-refractivity contribution in [1.82, 2.24) is 0 Å². The van der Waals surface area contributed by atoms with Crippen LogP contribution in [0.15, 0.2) is 12.7 Å². The van der Waals surface area contributed by atoms with Crippen LogP contribution in [0.5, 0.6) is 0 Å². The number of hydrogen-bond acceptors (Lipinski definition) is 4. The fourth-order valence-electron chi connectivity index (χ4n) is 3.75. The van der Waals surface area contributed by atoms with Gasteiger partial charge in [-0.05, 0) is 0 Å². The third-order valence-electron chi connectivity index (χ3n) is 4.57. The average Bonchev–Trinajstić information content (AvgIpc) is 2.34. The van der Waals surface area contributed by atoms with Crippen LogP contribution >= 0.6 is 0 Å². The molecule has 2 aliphatic rings. The molecule has 0 aromatic heterocycles. The quantitative estimate of drug-likeness (QED) is 0.596. The zero-order valence-electron chi connectivity index (χ0n) is 14.2. The fraction of sp³-hybridized carbons (Fsp3) is 0.875. The lowest BCUT2D eigenvalue weighted by Gasteiger charge is -2.56. The van der Waals surface area contributed by atoms with E-state index >= 15 is 0 Å². The average molecular weight is 314 g/mol. The molecule has 0 aliphatic carbocycles. The van der Waals surface area contributed by atoms with Gasteiger partial charge >= 0.3 is 8.56 Å². The van der Waals surface area contributed by atoms with Crippen molar-refractivity contribution in [2.24, 2.45) is 0 Å². The number of rotatable bonds is 1. The predicted molar refractivity (Wildman–Crippen MR) is 85.5 cm³/mol. The van der Waals surface area contributed by atoms with Crippen LogP contribution in [0.3, 0.4) is 0 Å². The van der Waals surface area contributed by atoms with Crippen LogP contribution in [0.1, 0.15) is 48.0 Å². The van der Waals surface area contributed by atoms with E-state index in [-0.39, 0.29) is 28.4 Å². The Morgan fingerprint density at radius 1 is 1.10 bits per heavy atom. The molecule has 0 unspecified atom stereocenters. The first-order valence-electron chi connectivity index (χ1n) is 7.80. The van der Waals surface area contributed by atoms with Crippen molar-refractivity contribution >= 4 is 8.56 Å². The molecule has 4 nitrogen and oxygen atoms in total. The normalized spacial score (nSPS) is 36.9. The lowest BCUT2D eigenvalue weighted by atomic mass is 9.98. The summed E-state index contributed by atoms with van der Waals surface area (Å²) in [6, 6.07) is 0. The molecule has 0 amide bonds.